The molecule has 4 rings (SSSR count). The SMILES string of the molecule is CC(C)(C)OC(=O)N1[C@H](CO)[C@@H](c2ccccc2)OC1(C)C.COC(=O)[C@@H]1[C@@H](c2ccccc2)OC(C)(C)N1C(=O)OC(C)(C)C. The lowest BCUT2D eigenvalue weighted by Crippen LogP contribution is -2.52. The fraction of sp³-hybridized carbons (Fsp3) is 0.571. The first-order valence-electron chi connectivity index (χ1n) is 15.4. The average molecular weight is 643 g/mol. The number of aliphatic hydroxyl groups excluding tert-OH is 1. The van der Waals surface area contributed by atoms with Crippen molar-refractivity contribution in [1.82, 2.24) is 9.80 Å². The molecule has 2 heterocycles. The van der Waals surface area contributed by atoms with Gasteiger partial charge in [0.1, 0.15) is 34.9 Å². The van der Waals surface area contributed by atoms with E-state index in [1.54, 1.807) is 34.6 Å². The molecule has 2 aromatic carbocycles. The lowest BCUT2D eigenvalue weighted by molar-refractivity contribution is -0.147. The Balaban J connectivity index is 0.000000251. The summed E-state index contributed by atoms with van der Waals surface area (Å²) in [6.07, 6.45) is -2.09. The summed E-state index contributed by atoms with van der Waals surface area (Å²) in [6.45, 7) is 17.7. The molecule has 2 aromatic rings. The van der Waals surface area contributed by atoms with Crippen molar-refractivity contribution in [3.63, 3.8) is 0 Å². The van der Waals surface area contributed by atoms with Crippen LogP contribution in [0.4, 0.5) is 9.59 Å². The number of nitrogens with zero attached hydrogens (tertiary/aromatic N) is 2. The molecule has 1 N–H and O–H groups in total. The Labute approximate surface area is 272 Å². The monoisotopic (exact) mass is 642 g/mol. The van der Waals surface area contributed by atoms with Crippen LogP contribution >= 0.6 is 0 Å². The summed E-state index contributed by atoms with van der Waals surface area (Å²) >= 11 is 0. The number of aliphatic hydroxyl groups is 1. The van der Waals surface area contributed by atoms with Gasteiger partial charge in [0.25, 0.3) is 0 Å². The summed E-state index contributed by atoms with van der Waals surface area (Å²) in [5, 5.41) is 9.82. The standard InChI is InChI=1S/C18H25NO5.C17H25NO4/c1-17(2,3)24-16(21)19-13(15(20)22-6)14(23-18(19,4)5)12-10-8-7-9-11-12;1-16(2,3)22-15(20)18-13(11-19)14(21-17(18,4)5)12-9-7-6-8-10-12/h7-11,13-14H,1-6H3;6-10,13-14,19H,11H2,1-5H3/t13-,14+;13-,14-/m01/s1. The van der Waals surface area contributed by atoms with Gasteiger partial charge in [0, 0.05) is 0 Å². The zero-order valence-electron chi connectivity index (χ0n) is 28.9. The number of carbonyl (C=O) groups excluding carboxylic acids is 3. The molecule has 4 atom stereocenters. The van der Waals surface area contributed by atoms with E-state index in [2.05, 4.69) is 0 Å². The number of ether oxygens (including phenoxy) is 5. The molecule has 11 nitrogen and oxygen atoms in total. The third-order valence-electron chi connectivity index (χ3n) is 7.30. The van der Waals surface area contributed by atoms with E-state index in [-0.39, 0.29) is 12.7 Å². The molecule has 0 bridgehead atoms. The minimum atomic E-state index is -1.01. The molecule has 2 aliphatic heterocycles. The minimum absolute atomic E-state index is 0.192. The highest BCUT2D eigenvalue weighted by Crippen LogP contribution is 2.43. The van der Waals surface area contributed by atoms with Crippen molar-refractivity contribution >= 4 is 18.2 Å². The molecule has 0 aromatic heterocycles. The topological polar surface area (TPSA) is 124 Å². The van der Waals surface area contributed by atoms with Crippen molar-refractivity contribution in [2.75, 3.05) is 13.7 Å². The van der Waals surface area contributed by atoms with Crippen molar-refractivity contribution in [2.45, 2.75) is 116 Å². The highest BCUT2D eigenvalue weighted by Gasteiger charge is 2.55. The molecule has 2 fully saturated rings. The molecule has 46 heavy (non-hydrogen) atoms. The van der Waals surface area contributed by atoms with Crippen LogP contribution in [-0.2, 0) is 28.5 Å². The number of hydrogen-bond acceptors (Lipinski definition) is 9. The molecule has 2 amide bonds. The summed E-state index contributed by atoms with van der Waals surface area (Å²) < 4.78 is 28.0. The van der Waals surface area contributed by atoms with Gasteiger partial charge >= 0.3 is 18.2 Å². The summed E-state index contributed by atoms with van der Waals surface area (Å²) in [4.78, 5) is 40.5. The Morgan fingerprint density at radius 3 is 1.52 bits per heavy atom. The van der Waals surface area contributed by atoms with E-state index in [0.717, 1.165) is 11.1 Å². The number of methoxy groups -OCH3 is 1. The largest absolute Gasteiger partial charge is 0.467 e. The molecular formula is C35H50N2O9. The molecule has 0 aliphatic carbocycles. The van der Waals surface area contributed by atoms with Crippen LogP contribution < -0.4 is 0 Å². The van der Waals surface area contributed by atoms with Gasteiger partial charge in [-0.05, 0) is 80.4 Å². The molecule has 2 aliphatic rings. The Morgan fingerprint density at radius 2 is 1.11 bits per heavy atom. The number of amides is 2. The van der Waals surface area contributed by atoms with Gasteiger partial charge in [0.15, 0.2) is 6.04 Å². The van der Waals surface area contributed by atoms with E-state index in [1.807, 2.05) is 95.3 Å². The Hall–Kier alpha value is -3.67. The first-order chi connectivity index (χ1) is 21.2. The molecule has 11 heteroatoms. The average Bonchev–Trinajstić information content (AvgIpc) is 3.40. The Kier molecular flexibility index (Phi) is 11.2. The summed E-state index contributed by atoms with van der Waals surface area (Å²) in [6, 6.07) is 17.5. The van der Waals surface area contributed by atoms with Gasteiger partial charge < -0.3 is 28.8 Å². The van der Waals surface area contributed by atoms with Crippen molar-refractivity contribution in [3.05, 3.63) is 71.8 Å². The highest BCUT2D eigenvalue weighted by atomic mass is 16.6. The van der Waals surface area contributed by atoms with E-state index in [4.69, 9.17) is 23.7 Å². The van der Waals surface area contributed by atoms with Crippen LogP contribution in [0.25, 0.3) is 0 Å². The first-order valence-corrected chi connectivity index (χ1v) is 15.4. The summed E-state index contributed by atoms with van der Waals surface area (Å²) in [5.41, 5.74) is -1.41. The van der Waals surface area contributed by atoms with Crippen LogP contribution in [0.5, 0.6) is 0 Å². The molecule has 0 unspecified atom stereocenters. The maximum atomic E-state index is 12.7. The molecule has 0 radical (unpaired) electrons. The number of esters is 1. The van der Waals surface area contributed by atoms with Crippen LogP contribution in [0.2, 0.25) is 0 Å². The predicted octanol–water partition coefficient (Wildman–Crippen LogP) is 6.36. The molecule has 254 valence electrons. The van der Waals surface area contributed by atoms with Crippen LogP contribution in [-0.4, -0.2) is 81.5 Å². The van der Waals surface area contributed by atoms with Crippen molar-refractivity contribution in [1.29, 1.82) is 0 Å². The molecule has 0 spiro atoms. The van der Waals surface area contributed by atoms with Gasteiger partial charge in [-0.1, -0.05) is 60.7 Å². The first kappa shape index (κ1) is 36.8. The van der Waals surface area contributed by atoms with E-state index in [0.29, 0.717) is 0 Å². The van der Waals surface area contributed by atoms with Crippen LogP contribution in [0.15, 0.2) is 60.7 Å². The van der Waals surface area contributed by atoms with E-state index in [1.165, 1.54) is 16.9 Å². The van der Waals surface area contributed by atoms with Crippen molar-refractivity contribution in [2.24, 2.45) is 0 Å². The van der Waals surface area contributed by atoms with Gasteiger partial charge in [-0.3, -0.25) is 9.80 Å². The van der Waals surface area contributed by atoms with Crippen LogP contribution in [0.3, 0.4) is 0 Å². The lowest BCUT2D eigenvalue weighted by Gasteiger charge is -2.34. The molecule has 0 saturated carbocycles. The number of benzene rings is 2. The Bertz CT molecular complexity index is 1330. The molecule has 2 saturated heterocycles. The molecular weight excluding hydrogens is 592 g/mol. The zero-order valence-corrected chi connectivity index (χ0v) is 28.9. The number of hydrogen-bond donors (Lipinski definition) is 1. The second kappa shape index (κ2) is 14.0. The smallest absolute Gasteiger partial charge is 0.413 e. The van der Waals surface area contributed by atoms with Crippen molar-refractivity contribution < 1.29 is 43.2 Å². The fourth-order valence-corrected chi connectivity index (χ4v) is 5.55. The minimum Gasteiger partial charge on any atom is -0.467 e. The van der Waals surface area contributed by atoms with E-state index >= 15 is 0 Å². The van der Waals surface area contributed by atoms with Crippen LogP contribution in [0.1, 0.15) is 92.6 Å². The van der Waals surface area contributed by atoms with E-state index < -0.39 is 59.0 Å². The normalized spacial score (nSPS) is 23.7. The van der Waals surface area contributed by atoms with Crippen LogP contribution in [0, 0.1) is 0 Å². The lowest BCUT2D eigenvalue weighted by atomic mass is 10.0. The summed E-state index contributed by atoms with van der Waals surface area (Å²) in [5.74, 6) is -0.541. The summed E-state index contributed by atoms with van der Waals surface area (Å²) in [7, 11) is 1.29. The third-order valence-corrected chi connectivity index (χ3v) is 7.30. The quantitative estimate of drug-likeness (QED) is 0.300. The highest BCUT2D eigenvalue weighted by molar-refractivity contribution is 5.83. The van der Waals surface area contributed by atoms with Gasteiger partial charge in [0.05, 0.1) is 19.8 Å². The van der Waals surface area contributed by atoms with E-state index in [9.17, 15) is 19.5 Å². The number of carbonyl (C=O) groups is 3. The maximum Gasteiger partial charge on any atom is 0.413 e. The predicted molar refractivity (Wildman–Crippen MR) is 172 cm³/mol. The zero-order chi connectivity index (χ0) is 34.7. The van der Waals surface area contributed by atoms with Gasteiger partial charge in [0.2, 0.25) is 0 Å². The Morgan fingerprint density at radius 1 is 0.717 bits per heavy atom. The third kappa shape index (κ3) is 8.77. The second-order valence-electron chi connectivity index (χ2n) is 14.2. The fourth-order valence-electron chi connectivity index (χ4n) is 5.55. The maximum absolute atomic E-state index is 12.7. The number of rotatable bonds is 4. The van der Waals surface area contributed by atoms with Gasteiger partial charge in [-0.25, -0.2) is 14.4 Å². The van der Waals surface area contributed by atoms with Crippen molar-refractivity contribution in [3.8, 4) is 0 Å². The van der Waals surface area contributed by atoms with Gasteiger partial charge in [-0.15, -0.1) is 0 Å². The second-order valence-corrected chi connectivity index (χ2v) is 14.2. The van der Waals surface area contributed by atoms with Gasteiger partial charge in [-0.2, -0.15) is 0 Å².